The lowest BCUT2D eigenvalue weighted by molar-refractivity contribution is -0.145. The first-order valence-electron chi connectivity index (χ1n) is 7.27. The van der Waals surface area contributed by atoms with Gasteiger partial charge >= 0.3 is 5.97 Å². The third-order valence-corrected chi connectivity index (χ3v) is 3.62. The van der Waals surface area contributed by atoms with Gasteiger partial charge in [0.2, 0.25) is 0 Å². The summed E-state index contributed by atoms with van der Waals surface area (Å²) in [5.74, 6) is -0.842. The highest BCUT2D eigenvalue weighted by atomic mass is 16.4. The molecule has 0 heterocycles. The van der Waals surface area contributed by atoms with E-state index in [0.29, 0.717) is 13.0 Å². The number of carboxylic acids is 1. The Hall–Kier alpha value is -2.13. The topological polar surface area (TPSA) is 49.3 Å². The van der Waals surface area contributed by atoms with Crippen LogP contribution in [0, 0.1) is 0 Å². The molecular weight excluding hydrogens is 262 g/mol. The Bertz CT molecular complexity index is 568. The quantitative estimate of drug-likeness (QED) is 0.820. The highest BCUT2D eigenvalue weighted by molar-refractivity contribution is 5.81. The molecule has 1 unspecified atom stereocenters. The van der Waals surface area contributed by atoms with Gasteiger partial charge in [0.25, 0.3) is 0 Å². The van der Waals surface area contributed by atoms with Crippen molar-refractivity contribution in [3.05, 3.63) is 71.8 Å². The van der Waals surface area contributed by atoms with Crippen molar-refractivity contribution in [2.24, 2.45) is 0 Å². The molecule has 0 aromatic heterocycles. The lowest BCUT2D eigenvalue weighted by Crippen LogP contribution is -2.51. The number of hydrogen-bond acceptors (Lipinski definition) is 2. The molecule has 0 saturated carbocycles. The Morgan fingerprint density at radius 1 is 1.05 bits per heavy atom. The third-order valence-electron chi connectivity index (χ3n) is 3.62. The zero-order chi connectivity index (χ0) is 15.1. The van der Waals surface area contributed by atoms with Crippen LogP contribution in [0.15, 0.2) is 60.7 Å². The molecule has 0 aliphatic rings. The largest absolute Gasteiger partial charge is 0.480 e. The average Bonchev–Trinajstić information content (AvgIpc) is 2.53. The molecule has 0 spiro atoms. The first-order valence-corrected chi connectivity index (χ1v) is 7.27. The van der Waals surface area contributed by atoms with Crippen LogP contribution in [0.25, 0.3) is 0 Å². The fraction of sp³-hybridized carbons (Fsp3) is 0.278. The minimum absolute atomic E-state index is 0.424. The molecule has 2 aromatic carbocycles. The number of aliphatic carboxylic acids is 1. The van der Waals surface area contributed by atoms with Crippen LogP contribution in [0.3, 0.4) is 0 Å². The van der Waals surface area contributed by atoms with Gasteiger partial charge in [-0.15, -0.1) is 0 Å². The zero-order valence-corrected chi connectivity index (χ0v) is 12.3. The Balaban J connectivity index is 2.43. The minimum Gasteiger partial charge on any atom is -0.480 e. The van der Waals surface area contributed by atoms with Crippen LogP contribution in [0.1, 0.15) is 24.5 Å². The van der Waals surface area contributed by atoms with Crippen LogP contribution in [0.5, 0.6) is 0 Å². The smallest absolute Gasteiger partial charge is 0.328 e. The molecule has 0 amide bonds. The van der Waals surface area contributed by atoms with Crippen molar-refractivity contribution >= 4 is 5.97 Å². The summed E-state index contributed by atoms with van der Waals surface area (Å²) in [6.07, 6.45) is 1.31. The Morgan fingerprint density at radius 3 is 2.14 bits per heavy atom. The molecule has 1 atom stereocenters. The highest BCUT2D eigenvalue weighted by Gasteiger charge is 2.39. The summed E-state index contributed by atoms with van der Waals surface area (Å²) in [5.41, 5.74) is 0.709. The number of carbonyl (C=O) groups is 1. The van der Waals surface area contributed by atoms with Crippen LogP contribution in [0.2, 0.25) is 0 Å². The fourth-order valence-electron chi connectivity index (χ4n) is 2.50. The van der Waals surface area contributed by atoms with Crippen LogP contribution in [0.4, 0.5) is 0 Å². The van der Waals surface area contributed by atoms with E-state index in [2.05, 4.69) is 5.32 Å². The summed E-state index contributed by atoms with van der Waals surface area (Å²) >= 11 is 0. The van der Waals surface area contributed by atoms with Gasteiger partial charge in [0.15, 0.2) is 0 Å². The summed E-state index contributed by atoms with van der Waals surface area (Å²) in [7, 11) is 0. The van der Waals surface area contributed by atoms with Gasteiger partial charge in [0, 0.05) is 6.42 Å². The third kappa shape index (κ3) is 3.50. The second-order valence-electron chi connectivity index (χ2n) is 5.17. The van der Waals surface area contributed by atoms with Gasteiger partial charge in [-0.05, 0) is 24.1 Å². The normalized spacial score (nSPS) is 13.6. The standard InChI is InChI=1S/C18H21NO2/c1-2-13-19-18(17(20)21,16-11-7-4-8-12-16)14-15-9-5-3-6-10-15/h3-12,19H,2,13-14H2,1H3,(H,20,21). The number of nitrogens with one attached hydrogen (secondary N) is 1. The Labute approximate surface area is 125 Å². The molecular formula is C18H21NO2. The first-order chi connectivity index (χ1) is 10.2. The second-order valence-corrected chi connectivity index (χ2v) is 5.17. The maximum Gasteiger partial charge on any atom is 0.328 e. The van der Waals surface area contributed by atoms with Gasteiger partial charge in [0.1, 0.15) is 5.54 Å². The lowest BCUT2D eigenvalue weighted by Gasteiger charge is -2.31. The first kappa shape index (κ1) is 15.3. The van der Waals surface area contributed by atoms with Gasteiger partial charge < -0.3 is 5.11 Å². The lowest BCUT2D eigenvalue weighted by atomic mass is 9.83. The van der Waals surface area contributed by atoms with Crippen molar-refractivity contribution in [1.29, 1.82) is 0 Å². The summed E-state index contributed by atoms with van der Waals surface area (Å²) in [5, 5.41) is 13.2. The molecule has 2 rings (SSSR count). The van der Waals surface area contributed by atoms with Gasteiger partial charge in [-0.3, -0.25) is 5.32 Å². The molecule has 21 heavy (non-hydrogen) atoms. The molecule has 0 aliphatic heterocycles. The van der Waals surface area contributed by atoms with E-state index in [4.69, 9.17) is 0 Å². The van der Waals surface area contributed by atoms with E-state index < -0.39 is 11.5 Å². The molecule has 2 aromatic rings. The second kappa shape index (κ2) is 7.04. The molecule has 3 nitrogen and oxygen atoms in total. The van der Waals surface area contributed by atoms with Gasteiger partial charge in [0.05, 0.1) is 0 Å². The highest BCUT2D eigenvalue weighted by Crippen LogP contribution is 2.26. The van der Waals surface area contributed by atoms with Crippen molar-refractivity contribution in [1.82, 2.24) is 5.32 Å². The van der Waals surface area contributed by atoms with Crippen molar-refractivity contribution in [3.63, 3.8) is 0 Å². The average molecular weight is 283 g/mol. The van der Waals surface area contributed by atoms with E-state index in [-0.39, 0.29) is 0 Å². The fourth-order valence-corrected chi connectivity index (χ4v) is 2.50. The van der Waals surface area contributed by atoms with Crippen LogP contribution >= 0.6 is 0 Å². The monoisotopic (exact) mass is 283 g/mol. The van der Waals surface area contributed by atoms with E-state index in [0.717, 1.165) is 17.5 Å². The minimum atomic E-state index is -1.08. The van der Waals surface area contributed by atoms with E-state index >= 15 is 0 Å². The number of rotatable bonds is 7. The van der Waals surface area contributed by atoms with Crippen LogP contribution in [-0.4, -0.2) is 17.6 Å². The predicted octanol–water partition coefficient (Wildman–Crippen LogP) is 3.21. The molecule has 0 fully saturated rings. The van der Waals surface area contributed by atoms with E-state index in [1.165, 1.54) is 0 Å². The van der Waals surface area contributed by atoms with E-state index in [1.54, 1.807) is 0 Å². The van der Waals surface area contributed by atoms with Crippen LogP contribution < -0.4 is 5.32 Å². The van der Waals surface area contributed by atoms with Crippen molar-refractivity contribution < 1.29 is 9.90 Å². The van der Waals surface area contributed by atoms with Crippen molar-refractivity contribution in [3.8, 4) is 0 Å². The summed E-state index contributed by atoms with van der Waals surface area (Å²) < 4.78 is 0. The number of carboxylic acid groups (broad SMARTS) is 1. The SMILES string of the molecule is CCCNC(Cc1ccccc1)(C(=O)O)c1ccccc1. The Morgan fingerprint density at radius 2 is 1.62 bits per heavy atom. The van der Waals surface area contributed by atoms with E-state index in [1.807, 2.05) is 67.6 Å². The maximum atomic E-state index is 12.1. The molecule has 110 valence electrons. The van der Waals surface area contributed by atoms with Gasteiger partial charge in [-0.25, -0.2) is 4.79 Å². The predicted molar refractivity (Wildman–Crippen MR) is 84.2 cm³/mol. The summed E-state index contributed by atoms with van der Waals surface area (Å²) in [4.78, 5) is 12.1. The molecule has 0 radical (unpaired) electrons. The molecule has 0 saturated heterocycles. The van der Waals surface area contributed by atoms with Gasteiger partial charge in [-0.2, -0.15) is 0 Å². The van der Waals surface area contributed by atoms with Gasteiger partial charge in [-0.1, -0.05) is 67.6 Å². The summed E-state index contributed by atoms with van der Waals surface area (Å²) in [6, 6.07) is 19.2. The molecule has 3 heteroatoms. The molecule has 0 aliphatic carbocycles. The molecule has 0 bridgehead atoms. The number of hydrogen-bond donors (Lipinski definition) is 2. The molecule has 2 N–H and O–H groups in total. The van der Waals surface area contributed by atoms with Crippen molar-refractivity contribution in [2.45, 2.75) is 25.3 Å². The van der Waals surface area contributed by atoms with E-state index in [9.17, 15) is 9.90 Å². The van der Waals surface area contributed by atoms with Crippen molar-refractivity contribution in [2.75, 3.05) is 6.54 Å². The maximum absolute atomic E-state index is 12.1. The number of benzene rings is 2. The van der Waals surface area contributed by atoms with Crippen LogP contribution in [-0.2, 0) is 16.8 Å². The Kier molecular flexibility index (Phi) is 5.12. The summed E-state index contributed by atoms with van der Waals surface area (Å²) in [6.45, 7) is 2.70. The zero-order valence-electron chi connectivity index (χ0n) is 12.3.